The van der Waals surface area contributed by atoms with E-state index in [0.29, 0.717) is 24.3 Å². The number of carbonyl (C=O) groups excluding carboxylic acids is 2. The Bertz CT molecular complexity index is 1500. The Hall–Kier alpha value is -2.14. The first-order valence-corrected chi connectivity index (χ1v) is 22.1. The number of hydrogen-bond donors (Lipinski definition) is 1. The molecule has 0 aromatic heterocycles. The highest BCUT2D eigenvalue weighted by atomic mass is 28.4. The van der Waals surface area contributed by atoms with Gasteiger partial charge in [0, 0.05) is 18.8 Å². The molecule has 10 atom stereocenters. The first-order chi connectivity index (χ1) is 23.7. The van der Waals surface area contributed by atoms with Crippen LogP contribution in [0.5, 0.6) is 0 Å². The molecule has 51 heavy (non-hydrogen) atoms. The quantitative estimate of drug-likeness (QED) is 0.176. The van der Waals surface area contributed by atoms with Gasteiger partial charge in [0.2, 0.25) is 0 Å². The molecule has 8 nitrogen and oxygen atoms in total. The summed E-state index contributed by atoms with van der Waals surface area (Å²) >= 11 is 0. The predicted molar refractivity (Wildman–Crippen MR) is 202 cm³/mol. The SMILES string of the molecule is CC1=C[C@H]2C(=O)O[C@H]3C[C@@H](C/C=C(\C)C[C@@H](C)/C=C/C=C4\CO[C@H]([C@@H]1O[Si](C)(C)C(C)(C)C)[C@@]42O)O[C@@]1(CC(=O)[C@H](C)[C@@H](/C(C)=C/C(C)C)O1)C3. The molecule has 3 saturated heterocycles. The fourth-order valence-electron chi connectivity index (χ4n) is 8.32. The molecule has 2 bridgehead atoms. The summed E-state index contributed by atoms with van der Waals surface area (Å²) < 4.78 is 33.3. The molecule has 1 N–H and O–H groups in total. The summed E-state index contributed by atoms with van der Waals surface area (Å²) in [5, 5.41) is 12.8. The lowest BCUT2D eigenvalue weighted by Gasteiger charge is -2.50. The standard InChI is InChI=1S/C42H64O8Si/c1-25(2)18-28(5)36-30(7)35(43)23-41(49-36)22-33-21-32(48-41)17-16-27(4)19-26(3)14-13-15-31-24-46-38-37(50-51(11,12)40(8,9)10)29(6)20-34(39(44)47-33)42(31,38)45/h13-16,18,20,25-26,30,32-34,36-38,45H,17,19,21-24H2,1-12H3/b14-13+,27-16+,28-18+,31-15+/t26-,30-,32+,33-,34-,36+,37+,38+,41-,42+/m0/s1. The topological polar surface area (TPSA) is 101 Å². The van der Waals surface area contributed by atoms with Gasteiger partial charge >= 0.3 is 5.97 Å². The summed E-state index contributed by atoms with van der Waals surface area (Å²) in [5.74, 6) is -2.45. The molecule has 3 fully saturated rings. The summed E-state index contributed by atoms with van der Waals surface area (Å²) in [6.07, 6.45) is 11.8. The van der Waals surface area contributed by atoms with Gasteiger partial charge in [0.1, 0.15) is 29.5 Å². The molecule has 0 amide bonds. The zero-order valence-corrected chi connectivity index (χ0v) is 34.2. The number of ketones is 1. The molecular formula is C42H64O8Si. The van der Waals surface area contributed by atoms with Crippen LogP contribution in [-0.2, 0) is 33.0 Å². The molecule has 0 aromatic rings. The molecule has 5 aliphatic rings. The Balaban J connectivity index is 1.55. The number of hydrogen-bond acceptors (Lipinski definition) is 8. The smallest absolute Gasteiger partial charge is 0.316 e. The Kier molecular flexibility index (Phi) is 11.7. The number of fused-ring (bicyclic) bond motifs is 2. The summed E-state index contributed by atoms with van der Waals surface area (Å²) in [4.78, 5) is 28.1. The second-order valence-electron chi connectivity index (χ2n) is 18.1. The number of carbonyl (C=O) groups is 2. The van der Waals surface area contributed by atoms with Crippen LogP contribution in [0.4, 0.5) is 0 Å². The highest BCUT2D eigenvalue weighted by Crippen LogP contribution is 2.50. The first-order valence-electron chi connectivity index (χ1n) is 19.2. The maximum Gasteiger partial charge on any atom is 0.316 e. The highest BCUT2D eigenvalue weighted by molar-refractivity contribution is 6.74. The fraction of sp³-hybridized carbons (Fsp3) is 0.714. The Labute approximate surface area is 307 Å². The minimum Gasteiger partial charge on any atom is -0.462 e. The maximum atomic E-state index is 14.5. The van der Waals surface area contributed by atoms with E-state index in [1.807, 2.05) is 39.0 Å². The van der Waals surface area contributed by atoms with Crippen LogP contribution in [0.25, 0.3) is 0 Å². The van der Waals surface area contributed by atoms with Crippen molar-refractivity contribution in [3.05, 3.63) is 58.7 Å². The minimum atomic E-state index is -2.29. The lowest BCUT2D eigenvalue weighted by molar-refractivity contribution is -0.319. The fourth-order valence-corrected chi connectivity index (χ4v) is 9.62. The van der Waals surface area contributed by atoms with Crippen molar-refractivity contribution in [2.45, 2.75) is 161 Å². The van der Waals surface area contributed by atoms with E-state index >= 15 is 0 Å². The number of Topliss-reactive ketones (excluding diaryl/α,β-unsaturated/α-hetero) is 1. The first kappa shape index (κ1) is 40.1. The van der Waals surface area contributed by atoms with Crippen molar-refractivity contribution in [2.75, 3.05) is 6.61 Å². The monoisotopic (exact) mass is 724 g/mol. The number of aliphatic hydroxyl groups is 1. The summed E-state index contributed by atoms with van der Waals surface area (Å²) in [6, 6.07) is 0. The van der Waals surface area contributed by atoms with E-state index in [0.717, 1.165) is 17.6 Å². The van der Waals surface area contributed by atoms with Crippen LogP contribution >= 0.6 is 0 Å². The predicted octanol–water partition coefficient (Wildman–Crippen LogP) is 8.33. The molecule has 1 spiro atoms. The van der Waals surface area contributed by atoms with Crippen molar-refractivity contribution < 1.29 is 38.1 Å². The zero-order chi connectivity index (χ0) is 37.7. The van der Waals surface area contributed by atoms with Gasteiger partial charge in [-0.25, -0.2) is 0 Å². The second-order valence-corrected chi connectivity index (χ2v) is 22.8. The molecule has 4 heterocycles. The van der Waals surface area contributed by atoms with Crippen LogP contribution in [0.15, 0.2) is 58.7 Å². The van der Waals surface area contributed by atoms with Gasteiger partial charge in [0.05, 0.1) is 31.3 Å². The molecule has 284 valence electrons. The Morgan fingerprint density at radius 1 is 1.12 bits per heavy atom. The lowest BCUT2D eigenvalue weighted by atomic mass is 9.71. The van der Waals surface area contributed by atoms with E-state index in [2.05, 4.69) is 79.8 Å². The van der Waals surface area contributed by atoms with Crippen LogP contribution in [0, 0.1) is 23.7 Å². The molecule has 0 aromatic carbocycles. The Morgan fingerprint density at radius 2 is 1.82 bits per heavy atom. The number of allylic oxidation sites excluding steroid dienone is 5. The van der Waals surface area contributed by atoms with Gasteiger partial charge in [-0.2, -0.15) is 0 Å². The number of esters is 1. The van der Waals surface area contributed by atoms with Gasteiger partial charge in [-0.05, 0) is 80.3 Å². The van der Waals surface area contributed by atoms with E-state index in [4.69, 9.17) is 23.4 Å². The average molecular weight is 725 g/mol. The minimum absolute atomic E-state index is 0.0626. The van der Waals surface area contributed by atoms with Gasteiger partial charge in [-0.1, -0.05) is 90.5 Å². The maximum absolute atomic E-state index is 14.5. The van der Waals surface area contributed by atoms with Crippen LogP contribution in [0.3, 0.4) is 0 Å². The van der Waals surface area contributed by atoms with E-state index in [1.165, 1.54) is 5.57 Å². The van der Waals surface area contributed by atoms with Crippen molar-refractivity contribution in [1.82, 2.24) is 0 Å². The molecule has 5 rings (SSSR count). The van der Waals surface area contributed by atoms with Gasteiger partial charge in [-0.15, -0.1) is 0 Å². The molecule has 9 heteroatoms. The average Bonchev–Trinajstić information content (AvgIpc) is 3.34. The van der Waals surface area contributed by atoms with E-state index in [1.54, 1.807) is 0 Å². The number of rotatable bonds is 4. The van der Waals surface area contributed by atoms with Gasteiger partial charge in [0.25, 0.3) is 0 Å². The lowest BCUT2D eigenvalue weighted by Crippen LogP contribution is -2.61. The summed E-state index contributed by atoms with van der Waals surface area (Å²) in [7, 11) is -2.29. The van der Waals surface area contributed by atoms with Crippen molar-refractivity contribution in [3.63, 3.8) is 0 Å². The van der Waals surface area contributed by atoms with Crippen molar-refractivity contribution in [1.29, 1.82) is 0 Å². The van der Waals surface area contributed by atoms with Gasteiger partial charge < -0.3 is 28.5 Å². The third-order valence-corrected chi connectivity index (χ3v) is 16.6. The molecular weight excluding hydrogens is 661 g/mol. The largest absolute Gasteiger partial charge is 0.462 e. The zero-order valence-electron chi connectivity index (χ0n) is 33.2. The van der Waals surface area contributed by atoms with Crippen LogP contribution in [0.2, 0.25) is 18.1 Å². The van der Waals surface area contributed by atoms with Gasteiger partial charge in [0.15, 0.2) is 14.1 Å². The summed E-state index contributed by atoms with van der Waals surface area (Å²) in [5.41, 5.74) is 2.05. The molecule has 4 aliphatic heterocycles. The molecule has 1 aliphatic carbocycles. The van der Waals surface area contributed by atoms with Crippen LogP contribution in [0.1, 0.15) is 101 Å². The van der Waals surface area contributed by atoms with Crippen LogP contribution < -0.4 is 0 Å². The number of ether oxygens (including phenoxy) is 4. The van der Waals surface area contributed by atoms with Crippen molar-refractivity contribution >= 4 is 20.1 Å². The normalized spacial score (nSPS) is 41.3. The van der Waals surface area contributed by atoms with Crippen LogP contribution in [-0.4, -0.2) is 73.7 Å². The van der Waals surface area contributed by atoms with Gasteiger partial charge in [-0.3, -0.25) is 9.59 Å². The molecule has 0 unspecified atom stereocenters. The summed E-state index contributed by atoms with van der Waals surface area (Å²) in [6.45, 7) is 25.6. The van der Waals surface area contributed by atoms with Crippen molar-refractivity contribution in [2.24, 2.45) is 23.7 Å². The highest BCUT2D eigenvalue weighted by Gasteiger charge is 2.62. The van der Waals surface area contributed by atoms with E-state index in [9.17, 15) is 14.7 Å². The third kappa shape index (κ3) is 8.34. The van der Waals surface area contributed by atoms with Crippen molar-refractivity contribution in [3.8, 4) is 0 Å². The molecule has 0 radical (unpaired) electrons. The Morgan fingerprint density at radius 3 is 2.49 bits per heavy atom. The molecule has 0 saturated carbocycles. The van der Waals surface area contributed by atoms with E-state index in [-0.39, 0.29) is 48.2 Å². The van der Waals surface area contributed by atoms with E-state index < -0.39 is 56.0 Å². The second kappa shape index (κ2) is 14.9. The third-order valence-electron chi connectivity index (χ3n) is 12.1.